The van der Waals surface area contributed by atoms with Crippen LogP contribution in [-0.2, 0) is 4.79 Å². The number of nitrogens with zero attached hydrogens (tertiary/aromatic N) is 1. The molecule has 0 fully saturated rings. The van der Waals surface area contributed by atoms with Gasteiger partial charge in [0.15, 0.2) is 0 Å². The van der Waals surface area contributed by atoms with E-state index in [1.165, 1.54) is 0 Å². The minimum Gasteiger partial charge on any atom is -0.378 e. The van der Waals surface area contributed by atoms with Crippen molar-refractivity contribution < 1.29 is 4.79 Å². The van der Waals surface area contributed by atoms with Crippen LogP contribution in [0.25, 0.3) is 0 Å². The van der Waals surface area contributed by atoms with Gasteiger partial charge in [0.1, 0.15) is 0 Å². The first-order valence-corrected chi connectivity index (χ1v) is 6.96. The number of amides is 1. The lowest BCUT2D eigenvalue weighted by Gasteiger charge is -2.19. The second-order valence-electron chi connectivity index (χ2n) is 5.53. The number of aryl methyl sites for hydroxylation is 2. The third-order valence-corrected chi connectivity index (χ3v) is 3.45. The Kier molecular flexibility index (Phi) is 5.40. The summed E-state index contributed by atoms with van der Waals surface area (Å²) in [4.78, 5) is 14.2. The first-order valence-electron chi connectivity index (χ1n) is 6.96. The average Bonchev–Trinajstić information content (AvgIpc) is 2.33. The Morgan fingerprint density at radius 2 is 1.79 bits per heavy atom. The van der Waals surface area contributed by atoms with Gasteiger partial charge < -0.3 is 10.2 Å². The minimum absolute atomic E-state index is 0.0670. The van der Waals surface area contributed by atoms with Gasteiger partial charge in [0.25, 0.3) is 0 Å². The van der Waals surface area contributed by atoms with Crippen molar-refractivity contribution in [3.05, 3.63) is 23.3 Å². The highest BCUT2D eigenvalue weighted by molar-refractivity contribution is 5.94. The van der Waals surface area contributed by atoms with Gasteiger partial charge in [0, 0.05) is 31.4 Å². The maximum absolute atomic E-state index is 12.1. The first kappa shape index (κ1) is 15.5. The molecule has 0 radical (unpaired) electrons. The van der Waals surface area contributed by atoms with Crippen LogP contribution in [-0.4, -0.2) is 20.0 Å². The van der Waals surface area contributed by atoms with E-state index in [0.717, 1.165) is 35.3 Å². The van der Waals surface area contributed by atoms with Gasteiger partial charge in [0.05, 0.1) is 0 Å². The number of hydrogen-bond acceptors (Lipinski definition) is 2. The number of nitrogens with one attached hydrogen (secondary N) is 1. The standard InChI is InChI=1S/C16H26N2O/c1-7-8-11(2)16(19)17-15-12(3)9-14(18(5)6)10-13(15)4/h9-11H,7-8H2,1-6H3,(H,17,19)/t11-/m0/s1. The van der Waals surface area contributed by atoms with Gasteiger partial charge in [-0.3, -0.25) is 4.79 Å². The summed E-state index contributed by atoms with van der Waals surface area (Å²) in [6, 6.07) is 4.21. The lowest BCUT2D eigenvalue weighted by atomic mass is 10.0. The van der Waals surface area contributed by atoms with Crippen LogP contribution >= 0.6 is 0 Å². The van der Waals surface area contributed by atoms with Crippen LogP contribution in [0.2, 0.25) is 0 Å². The normalized spacial score (nSPS) is 12.1. The molecule has 0 bridgehead atoms. The monoisotopic (exact) mass is 262 g/mol. The molecule has 19 heavy (non-hydrogen) atoms. The van der Waals surface area contributed by atoms with Gasteiger partial charge in [-0.25, -0.2) is 0 Å². The number of benzene rings is 1. The van der Waals surface area contributed by atoms with Crippen LogP contribution in [0.4, 0.5) is 11.4 Å². The predicted octanol–water partition coefficient (Wildman–Crippen LogP) is 3.74. The van der Waals surface area contributed by atoms with E-state index in [-0.39, 0.29) is 11.8 Å². The first-order chi connectivity index (χ1) is 8.86. The molecule has 0 aliphatic rings. The summed E-state index contributed by atoms with van der Waals surface area (Å²) in [5.41, 5.74) is 4.34. The SMILES string of the molecule is CCC[C@H](C)C(=O)Nc1c(C)cc(N(C)C)cc1C. The van der Waals surface area contributed by atoms with E-state index >= 15 is 0 Å². The summed E-state index contributed by atoms with van der Waals surface area (Å²) < 4.78 is 0. The topological polar surface area (TPSA) is 32.3 Å². The second kappa shape index (κ2) is 6.60. The molecular weight excluding hydrogens is 236 g/mol. The number of rotatable bonds is 5. The fourth-order valence-corrected chi connectivity index (χ4v) is 2.21. The van der Waals surface area contributed by atoms with Gasteiger partial charge in [-0.1, -0.05) is 20.3 Å². The highest BCUT2D eigenvalue weighted by atomic mass is 16.1. The Morgan fingerprint density at radius 1 is 1.26 bits per heavy atom. The Balaban J connectivity index is 2.93. The van der Waals surface area contributed by atoms with E-state index < -0.39 is 0 Å². The van der Waals surface area contributed by atoms with Crippen LogP contribution in [0.3, 0.4) is 0 Å². The predicted molar refractivity (Wildman–Crippen MR) is 82.9 cm³/mol. The van der Waals surface area contributed by atoms with Crippen molar-refractivity contribution in [2.45, 2.75) is 40.5 Å². The molecule has 3 nitrogen and oxygen atoms in total. The summed E-state index contributed by atoms with van der Waals surface area (Å²) in [5, 5.41) is 3.07. The van der Waals surface area contributed by atoms with Crippen molar-refractivity contribution in [2.24, 2.45) is 5.92 Å². The smallest absolute Gasteiger partial charge is 0.227 e. The summed E-state index contributed by atoms with van der Waals surface area (Å²) in [6.07, 6.45) is 1.96. The molecule has 0 aliphatic carbocycles. The molecule has 1 N–H and O–H groups in total. The summed E-state index contributed by atoms with van der Waals surface area (Å²) in [5.74, 6) is 0.183. The van der Waals surface area contributed by atoms with E-state index in [1.54, 1.807) is 0 Å². The van der Waals surface area contributed by atoms with E-state index in [1.807, 2.05) is 34.9 Å². The maximum atomic E-state index is 12.1. The highest BCUT2D eigenvalue weighted by Crippen LogP contribution is 2.26. The molecule has 1 aromatic carbocycles. The molecule has 0 aromatic heterocycles. The van der Waals surface area contributed by atoms with E-state index in [9.17, 15) is 4.79 Å². The number of carbonyl (C=O) groups excluding carboxylic acids is 1. The van der Waals surface area contributed by atoms with Gasteiger partial charge in [0.2, 0.25) is 5.91 Å². The molecule has 0 spiro atoms. The molecule has 0 saturated carbocycles. The van der Waals surface area contributed by atoms with Crippen LogP contribution < -0.4 is 10.2 Å². The zero-order valence-corrected chi connectivity index (χ0v) is 13.0. The number of anilines is 2. The van der Waals surface area contributed by atoms with E-state index in [4.69, 9.17) is 0 Å². The molecule has 106 valence electrons. The fourth-order valence-electron chi connectivity index (χ4n) is 2.21. The zero-order chi connectivity index (χ0) is 14.6. The van der Waals surface area contributed by atoms with Crippen molar-refractivity contribution in [1.82, 2.24) is 0 Å². The van der Waals surface area contributed by atoms with Gasteiger partial charge in [-0.05, 0) is 43.5 Å². The minimum atomic E-state index is 0.0670. The van der Waals surface area contributed by atoms with E-state index in [2.05, 4.69) is 29.3 Å². The molecule has 0 heterocycles. The Morgan fingerprint density at radius 3 is 2.21 bits per heavy atom. The molecule has 3 heteroatoms. The quantitative estimate of drug-likeness (QED) is 0.876. The summed E-state index contributed by atoms with van der Waals surface area (Å²) in [6.45, 7) is 8.17. The highest BCUT2D eigenvalue weighted by Gasteiger charge is 2.14. The Labute approximate surface area is 117 Å². The Bertz CT molecular complexity index is 429. The molecule has 1 aromatic rings. The van der Waals surface area contributed by atoms with Crippen LogP contribution in [0, 0.1) is 19.8 Å². The number of carbonyl (C=O) groups is 1. The zero-order valence-electron chi connectivity index (χ0n) is 13.0. The van der Waals surface area contributed by atoms with Crippen molar-refractivity contribution >= 4 is 17.3 Å². The van der Waals surface area contributed by atoms with Crippen LogP contribution in [0.1, 0.15) is 37.8 Å². The second-order valence-corrected chi connectivity index (χ2v) is 5.53. The molecular formula is C16H26N2O. The van der Waals surface area contributed by atoms with Gasteiger partial charge in [-0.15, -0.1) is 0 Å². The largest absolute Gasteiger partial charge is 0.378 e. The molecule has 0 aliphatic heterocycles. The van der Waals surface area contributed by atoms with Gasteiger partial charge in [-0.2, -0.15) is 0 Å². The summed E-state index contributed by atoms with van der Waals surface area (Å²) >= 11 is 0. The maximum Gasteiger partial charge on any atom is 0.227 e. The molecule has 0 saturated heterocycles. The third-order valence-electron chi connectivity index (χ3n) is 3.45. The van der Waals surface area contributed by atoms with Crippen LogP contribution in [0.15, 0.2) is 12.1 Å². The lowest BCUT2D eigenvalue weighted by Crippen LogP contribution is -2.21. The van der Waals surface area contributed by atoms with Crippen LogP contribution in [0.5, 0.6) is 0 Å². The number of hydrogen-bond donors (Lipinski definition) is 1. The lowest BCUT2D eigenvalue weighted by molar-refractivity contribution is -0.119. The molecule has 0 unspecified atom stereocenters. The molecule has 1 atom stereocenters. The van der Waals surface area contributed by atoms with Gasteiger partial charge >= 0.3 is 0 Å². The fraction of sp³-hybridized carbons (Fsp3) is 0.562. The van der Waals surface area contributed by atoms with Crippen molar-refractivity contribution in [3.8, 4) is 0 Å². The molecule has 1 amide bonds. The Hall–Kier alpha value is -1.51. The van der Waals surface area contributed by atoms with Crippen molar-refractivity contribution in [1.29, 1.82) is 0 Å². The molecule has 1 rings (SSSR count). The summed E-state index contributed by atoms with van der Waals surface area (Å²) in [7, 11) is 4.05. The van der Waals surface area contributed by atoms with E-state index in [0.29, 0.717) is 0 Å². The van der Waals surface area contributed by atoms with Crippen molar-refractivity contribution in [2.75, 3.05) is 24.3 Å². The average molecular weight is 262 g/mol. The van der Waals surface area contributed by atoms with Crippen molar-refractivity contribution in [3.63, 3.8) is 0 Å². The third kappa shape index (κ3) is 3.98.